The summed E-state index contributed by atoms with van der Waals surface area (Å²) in [6.45, 7) is 1.89. The summed E-state index contributed by atoms with van der Waals surface area (Å²) in [5.74, 6) is -1.21. The second kappa shape index (κ2) is 7.16. The molecule has 0 amide bonds. The zero-order valence-electron chi connectivity index (χ0n) is 10.8. The Morgan fingerprint density at radius 2 is 2.10 bits per heavy atom. The van der Waals surface area contributed by atoms with Crippen molar-refractivity contribution < 1.29 is 23.4 Å². The van der Waals surface area contributed by atoms with Gasteiger partial charge in [-0.3, -0.25) is 0 Å². The lowest BCUT2D eigenvalue weighted by Gasteiger charge is -2.10. The van der Waals surface area contributed by atoms with Crippen LogP contribution in [0, 0.1) is 0 Å². The zero-order chi connectivity index (χ0) is 15.3. The van der Waals surface area contributed by atoms with Crippen molar-refractivity contribution in [2.24, 2.45) is 0 Å². The van der Waals surface area contributed by atoms with Crippen molar-refractivity contribution in [3.05, 3.63) is 28.2 Å². The maximum Gasteiger partial charge on any atom is 0.336 e. The Morgan fingerprint density at radius 1 is 1.45 bits per heavy atom. The maximum absolute atomic E-state index is 12.0. The van der Waals surface area contributed by atoms with Crippen molar-refractivity contribution in [2.45, 2.75) is 30.8 Å². The highest BCUT2D eigenvalue weighted by molar-refractivity contribution is 9.10. The summed E-state index contributed by atoms with van der Waals surface area (Å²) >= 11 is 3.05. The fourth-order valence-corrected chi connectivity index (χ4v) is 2.97. The lowest BCUT2D eigenvalue weighted by atomic mass is 10.2. The second-order valence-electron chi connectivity index (χ2n) is 4.20. The number of hydrogen-bond acceptors (Lipinski definition) is 4. The molecule has 1 unspecified atom stereocenters. The smallest absolute Gasteiger partial charge is 0.336 e. The average molecular weight is 366 g/mol. The maximum atomic E-state index is 12.0. The van der Waals surface area contributed by atoms with Crippen LogP contribution in [0.15, 0.2) is 27.6 Å². The molecule has 0 aliphatic rings. The van der Waals surface area contributed by atoms with Crippen molar-refractivity contribution in [3.63, 3.8) is 0 Å². The van der Waals surface area contributed by atoms with E-state index in [4.69, 9.17) is 5.11 Å². The molecule has 1 aromatic rings. The molecule has 0 spiro atoms. The van der Waals surface area contributed by atoms with E-state index in [0.29, 0.717) is 17.3 Å². The first-order chi connectivity index (χ1) is 9.27. The summed E-state index contributed by atoms with van der Waals surface area (Å²) in [4.78, 5) is 10.8. The lowest BCUT2D eigenvalue weighted by Crippen LogP contribution is -2.27. The molecule has 0 bridgehead atoms. The van der Waals surface area contributed by atoms with Crippen LogP contribution in [0.5, 0.6) is 0 Å². The summed E-state index contributed by atoms with van der Waals surface area (Å²) in [6.07, 6.45) is 0.290. The Morgan fingerprint density at radius 3 is 2.65 bits per heavy atom. The molecule has 112 valence electrons. The molecule has 0 aliphatic heterocycles. The molecule has 0 aliphatic carbocycles. The Bertz CT molecular complexity index is 588. The van der Waals surface area contributed by atoms with Crippen LogP contribution in [-0.4, -0.2) is 37.2 Å². The molecular weight excluding hydrogens is 350 g/mol. The molecule has 0 saturated carbocycles. The van der Waals surface area contributed by atoms with Crippen LogP contribution < -0.4 is 4.72 Å². The lowest BCUT2D eigenvalue weighted by molar-refractivity contribution is 0.0695. The van der Waals surface area contributed by atoms with Crippen LogP contribution >= 0.6 is 15.9 Å². The number of halogens is 1. The van der Waals surface area contributed by atoms with E-state index in [1.54, 1.807) is 6.92 Å². The molecule has 8 heteroatoms. The summed E-state index contributed by atoms with van der Waals surface area (Å²) < 4.78 is 26.6. The number of rotatable bonds is 7. The predicted octanol–water partition coefficient (Wildman–Crippen LogP) is 1.59. The van der Waals surface area contributed by atoms with Crippen molar-refractivity contribution >= 4 is 31.9 Å². The fraction of sp³-hybridized carbons (Fsp3) is 0.417. The Balaban J connectivity index is 2.88. The number of carbonyl (C=O) groups is 1. The van der Waals surface area contributed by atoms with Gasteiger partial charge in [-0.2, -0.15) is 0 Å². The van der Waals surface area contributed by atoms with E-state index in [-0.39, 0.29) is 17.0 Å². The first kappa shape index (κ1) is 17.1. The van der Waals surface area contributed by atoms with Gasteiger partial charge in [-0.1, -0.05) is 6.92 Å². The van der Waals surface area contributed by atoms with Crippen molar-refractivity contribution in [2.75, 3.05) is 6.54 Å². The van der Waals surface area contributed by atoms with Crippen molar-refractivity contribution in [1.29, 1.82) is 0 Å². The van der Waals surface area contributed by atoms with Crippen LogP contribution in [-0.2, 0) is 10.0 Å². The molecule has 0 radical (unpaired) electrons. The molecule has 0 aromatic heterocycles. The van der Waals surface area contributed by atoms with E-state index in [1.165, 1.54) is 12.1 Å². The van der Waals surface area contributed by atoms with Gasteiger partial charge in [0.2, 0.25) is 10.0 Å². The highest BCUT2D eigenvalue weighted by atomic mass is 79.9. The minimum absolute atomic E-state index is 0.0931. The topological polar surface area (TPSA) is 104 Å². The van der Waals surface area contributed by atoms with Crippen LogP contribution in [0.1, 0.15) is 30.1 Å². The van der Waals surface area contributed by atoms with Gasteiger partial charge in [0.1, 0.15) is 0 Å². The molecule has 1 atom stereocenters. The van der Waals surface area contributed by atoms with Crippen LogP contribution in [0.25, 0.3) is 0 Å². The van der Waals surface area contributed by atoms with Gasteiger partial charge in [0.15, 0.2) is 0 Å². The van der Waals surface area contributed by atoms with E-state index >= 15 is 0 Å². The Labute approximate surface area is 126 Å². The molecule has 1 aromatic carbocycles. The van der Waals surface area contributed by atoms with Gasteiger partial charge in [-0.25, -0.2) is 17.9 Å². The van der Waals surface area contributed by atoms with Crippen LogP contribution in [0.4, 0.5) is 0 Å². The molecule has 0 heterocycles. The zero-order valence-corrected chi connectivity index (χ0v) is 13.2. The van der Waals surface area contributed by atoms with Crippen molar-refractivity contribution in [3.8, 4) is 0 Å². The van der Waals surface area contributed by atoms with Gasteiger partial charge in [0.05, 0.1) is 16.6 Å². The quantitative estimate of drug-likeness (QED) is 0.680. The minimum atomic E-state index is -3.78. The Kier molecular flexibility index (Phi) is 6.12. The second-order valence-corrected chi connectivity index (χ2v) is 6.82. The summed E-state index contributed by atoms with van der Waals surface area (Å²) in [6, 6.07) is 3.78. The molecule has 0 saturated heterocycles. The largest absolute Gasteiger partial charge is 0.478 e. The number of carboxylic acids is 1. The number of hydrogen-bond donors (Lipinski definition) is 3. The number of aromatic carboxylic acids is 1. The van der Waals surface area contributed by atoms with E-state index in [1.807, 2.05) is 0 Å². The van der Waals surface area contributed by atoms with Gasteiger partial charge in [-0.05, 0) is 47.0 Å². The third-order valence-corrected chi connectivity index (χ3v) is 4.87. The van der Waals surface area contributed by atoms with Gasteiger partial charge < -0.3 is 10.2 Å². The normalized spacial score (nSPS) is 13.2. The highest BCUT2D eigenvalue weighted by Crippen LogP contribution is 2.21. The Hall–Kier alpha value is -0.960. The van der Waals surface area contributed by atoms with Crippen LogP contribution in [0.3, 0.4) is 0 Å². The third kappa shape index (κ3) is 4.55. The molecule has 3 N–H and O–H groups in total. The highest BCUT2D eigenvalue weighted by Gasteiger charge is 2.18. The number of aliphatic hydroxyl groups excluding tert-OH is 1. The van der Waals surface area contributed by atoms with Crippen LogP contribution in [0.2, 0.25) is 0 Å². The monoisotopic (exact) mass is 365 g/mol. The van der Waals surface area contributed by atoms with Gasteiger partial charge in [0.25, 0.3) is 0 Å². The van der Waals surface area contributed by atoms with Gasteiger partial charge >= 0.3 is 5.97 Å². The van der Waals surface area contributed by atoms with E-state index in [9.17, 15) is 18.3 Å². The van der Waals surface area contributed by atoms with E-state index < -0.39 is 22.1 Å². The first-order valence-electron chi connectivity index (χ1n) is 5.98. The van der Waals surface area contributed by atoms with Gasteiger partial charge in [-0.15, -0.1) is 0 Å². The molecule has 1 rings (SSSR count). The molecule has 0 fully saturated rings. The number of aliphatic hydroxyl groups is 1. The summed E-state index contributed by atoms with van der Waals surface area (Å²) in [5.41, 5.74) is -0.124. The number of sulfonamides is 1. The average Bonchev–Trinajstić information content (AvgIpc) is 2.38. The predicted molar refractivity (Wildman–Crippen MR) is 77.2 cm³/mol. The first-order valence-corrected chi connectivity index (χ1v) is 8.26. The van der Waals surface area contributed by atoms with Gasteiger partial charge in [0, 0.05) is 11.0 Å². The number of benzene rings is 1. The minimum Gasteiger partial charge on any atom is -0.478 e. The summed E-state index contributed by atoms with van der Waals surface area (Å²) in [7, 11) is -3.78. The third-order valence-electron chi connectivity index (χ3n) is 2.72. The summed E-state index contributed by atoms with van der Waals surface area (Å²) in [5, 5.41) is 18.3. The fourth-order valence-electron chi connectivity index (χ4n) is 1.48. The van der Waals surface area contributed by atoms with Crippen molar-refractivity contribution in [1.82, 2.24) is 4.72 Å². The molecular formula is C12H16BrNO5S. The standard InChI is InChI=1S/C12H16BrNO5S/c1-2-8(15)5-6-14-20(18,19)9-3-4-11(13)10(7-9)12(16)17/h3-4,7-8,14-15H,2,5-6H2,1H3,(H,16,17). The number of carboxylic acid groups (broad SMARTS) is 1. The number of nitrogens with one attached hydrogen (secondary N) is 1. The molecule has 6 nitrogen and oxygen atoms in total. The SMILES string of the molecule is CCC(O)CCNS(=O)(=O)c1ccc(Br)c(C(=O)O)c1. The van der Waals surface area contributed by atoms with E-state index in [0.717, 1.165) is 6.07 Å². The van der Waals surface area contributed by atoms with E-state index in [2.05, 4.69) is 20.7 Å². The molecule has 20 heavy (non-hydrogen) atoms.